The van der Waals surface area contributed by atoms with Crippen molar-refractivity contribution < 1.29 is 14.3 Å². The van der Waals surface area contributed by atoms with Crippen LogP contribution < -0.4 is 4.74 Å². The molecule has 0 saturated heterocycles. The van der Waals surface area contributed by atoms with Gasteiger partial charge < -0.3 is 9.47 Å². The van der Waals surface area contributed by atoms with Crippen molar-refractivity contribution in [2.24, 2.45) is 13.0 Å². The molecule has 0 fully saturated rings. The van der Waals surface area contributed by atoms with Crippen LogP contribution in [-0.2, 0) is 11.8 Å². The van der Waals surface area contributed by atoms with Crippen LogP contribution in [0.25, 0.3) is 0 Å². The van der Waals surface area contributed by atoms with Crippen LogP contribution >= 0.6 is 0 Å². The summed E-state index contributed by atoms with van der Waals surface area (Å²) >= 11 is 0. The Bertz CT molecular complexity index is 636. The summed E-state index contributed by atoms with van der Waals surface area (Å²) < 4.78 is 12.9. The van der Waals surface area contributed by atoms with Crippen LogP contribution in [-0.4, -0.2) is 22.4 Å². The molecular formula is C15H16N2O3. The van der Waals surface area contributed by atoms with Crippen LogP contribution in [0.15, 0.2) is 36.7 Å². The van der Waals surface area contributed by atoms with Gasteiger partial charge in [-0.1, -0.05) is 25.1 Å². The van der Waals surface area contributed by atoms with Gasteiger partial charge in [0.15, 0.2) is 0 Å². The number of carbonyl (C=O) groups excluding carboxylic acids is 1. The van der Waals surface area contributed by atoms with Crippen molar-refractivity contribution in [3.63, 3.8) is 0 Å². The fraction of sp³-hybridized carbons (Fsp3) is 0.333. The number of rotatable bonds is 2. The molecule has 2 aromatic rings. The van der Waals surface area contributed by atoms with Gasteiger partial charge in [-0.3, -0.25) is 4.68 Å². The minimum absolute atomic E-state index is 0.116. The van der Waals surface area contributed by atoms with Crippen molar-refractivity contribution in [1.82, 2.24) is 9.78 Å². The van der Waals surface area contributed by atoms with Crippen molar-refractivity contribution in [1.29, 1.82) is 0 Å². The standard InChI is InChI=1S/C15H16N2O3/c1-10-9-19-13-6-4-3-5-12(13)14(10)20-15(18)11-7-16-17(2)8-11/h3-8,10,14H,9H2,1-2H3/t10-,14+/m1/s1. The summed E-state index contributed by atoms with van der Waals surface area (Å²) in [6.45, 7) is 2.55. The fourth-order valence-electron chi connectivity index (χ4n) is 2.35. The Labute approximate surface area is 117 Å². The normalized spacial score (nSPS) is 20.9. The lowest BCUT2D eigenvalue weighted by atomic mass is 9.94. The van der Waals surface area contributed by atoms with Crippen LogP contribution in [0.4, 0.5) is 0 Å². The minimum Gasteiger partial charge on any atom is -0.493 e. The van der Waals surface area contributed by atoms with Gasteiger partial charge in [0, 0.05) is 24.7 Å². The van der Waals surface area contributed by atoms with Crippen molar-refractivity contribution in [2.75, 3.05) is 6.61 Å². The summed E-state index contributed by atoms with van der Waals surface area (Å²) in [5.41, 5.74) is 1.38. The molecule has 0 amide bonds. The molecule has 3 rings (SSSR count). The van der Waals surface area contributed by atoms with E-state index in [1.54, 1.807) is 17.9 Å². The average Bonchev–Trinajstić information content (AvgIpc) is 2.89. The molecule has 0 bridgehead atoms. The lowest BCUT2D eigenvalue weighted by Gasteiger charge is -2.30. The number of nitrogens with zero attached hydrogens (tertiary/aromatic N) is 2. The highest BCUT2D eigenvalue weighted by Gasteiger charge is 2.31. The van der Waals surface area contributed by atoms with Gasteiger partial charge in [0.05, 0.1) is 18.4 Å². The number of esters is 1. The SMILES string of the molecule is C[C@@H]1COc2ccccc2[C@H]1OC(=O)c1cnn(C)c1. The quantitative estimate of drug-likeness (QED) is 0.787. The Morgan fingerprint density at radius 2 is 2.25 bits per heavy atom. The predicted molar refractivity (Wildman–Crippen MR) is 72.5 cm³/mol. The summed E-state index contributed by atoms with van der Waals surface area (Å²) in [6, 6.07) is 7.66. The molecule has 5 nitrogen and oxygen atoms in total. The zero-order valence-corrected chi connectivity index (χ0v) is 11.4. The molecule has 1 aromatic carbocycles. The van der Waals surface area contributed by atoms with E-state index in [-0.39, 0.29) is 18.0 Å². The third-order valence-corrected chi connectivity index (χ3v) is 3.42. The number of para-hydroxylation sites is 1. The first-order valence-electron chi connectivity index (χ1n) is 6.56. The molecule has 20 heavy (non-hydrogen) atoms. The molecule has 104 valence electrons. The number of hydrogen-bond donors (Lipinski definition) is 0. The number of ether oxygens (including phenoxy) is 2. The number of benzene rings is 1. The van der Waals surface area contributed by atoms with Crippen LogP contribution in [0.3, 0.4) is 0 Å². The van der Waals surface area contributed by atoms with Crippen molar-refractivity contribution in [3.05, 3.63) is 47.8 Å². The van der Waals surface area contributed by atoms with Gasteiger partial charge in [-0.15, -0.1) is 0 Å². The predicted octanol–water partition coefficient (Wildman–Crippen LogP) is 2.35. The summed E-state index contributed by atoms with van der Waals surface area (Å²) in [5, 5.41) is 3.99. The first kappa shape index (κ1) is 12.7. The van der Waals surface area contributed by atoms with Gasteiger partial charge in [-0.25, -0.2) is 4.79 Å². The van der Waals surface area contributed by atoms with Gasteiger partial charge in [-0.05, 0) is 6.07 Å². The van der Waals surface area contributed by atoms with Gasteiger partial charge in [0.1, 0.15) is 11.9 Å². The van der Waals surface area contributed by atoms with Crippen molar-refractivity contribution in [2.45, 2.75) is 13.0 Å². The third kappa shape index (κ3) is 2.27. The zero-order chi connectivity index (χ0) is 14.1. The maximum absolute atomic E-state index is 12.2. The Balaban J connectivity index is 1.85. The van der Waals surface area contributed by atoms with E-state index in [2.05, 4.69) is 5.10 Å². The van der Waals surface area contributed by atoms with Crippen molar-refractivity contribution in [3.8, 4) is 5.75 Å². The number of hydrogen-bond acceptors (Lipinski definition) is 4. The highest BCUT2D eigenvalue weighted by atomic mass is 16.6. The Kier molecular flexibility index (Phi) is 3.18. The first-order valence-corrected chi connectivity index (χ1v) is 6.56. The molecule has 0 aliphatic carbocycles. The van der Waals surface area contributed by atoms with Crippen LogP contribution in [0.1, 0.15) is 28.9 Å². The average molecular weight is 272 g/mol. The molecule has 1 aliphatic heterocycles. The molecule has 0 saturated carbocycles. The molecule has 0 unspecified atom stereocenters. The highest BCUT2D eigenvalue weighted by Crippen LogP contribution is 2.37. The lowest BCUT2D eigenvalue weighted by molar-refractivity contribution is -0.000229. The van der Waals surface area contributed by atoms with E-state index in [4.69, 9.17) is 9.47 Å². The molecule has 0 radical (unpaired) electrons. The Morgan fingerprint density at radius 1 is 1.45 bits per heavy atom. The highest BCUT2D eigenvalue weighted by molar-refractivity contribution is 5.89. The maximum atomic E-state index is 12.2. The number of aryl methyl sites for hydroxylation is 1. The molecule has 2 atom stereocenters. The minimum atomic E-state index is -0.355. The van der Waals surface area contributed by atoms with E-state index in [0.717, 1.165) is 11.3 Å². The maximum Gasteiger partial charge on any atom is 0.341 e. The van der Waals surface area contributed by atoms with E-state index in [0.29, 0.717) is 12.2 Å². The zero-order valence-electron chi connectivity index (χ0n) is 11.4. The van der Waals surface area contributed by atoms with Crippen LogP contribution in [0, 0.1) is 5.92 Å². The van der Waals surface area contributed by atoms with Crippen LogP contribution in [0.2, 0.25) is 0 Å². The second-order valence-electron chi connectivity index (χ2n) is 5.05. The summed E-state index contributed by atoms with van der Waals surface area (Å²) in [5.74, 6) is 0.548. The third-order valence-electron chi connectivity index (χ3n) is 3.42. The van der Waals surface area contributed by atoms with E-state index < -0.39 is 0 Å². The topological polar surface area (TPSA) is 53.4 Å². The molecular weight excluding hydrogens is 256 g/mol. The Hall–Kier alpha value is -2.30. The monoisotopic (exact) mass is 272 g/mol. The van der Waals surface area contributed by atoms with Gasteiger partial charge in [-0.2, -0.15) is 5.10 Å². The van der Waals surface area contributed by atoms with Gasteiger partial charge in [0.25, 0.3) is 0 Å². The van der Waals surface area contributed by atoms with Crippen molar-refractivity contribution >= 4 is 5.97 Å². The largest absolute Gasteiger partial charge is 0.493 e. The number of fused-ring (bicyclic) bond motifs is 1. The smallest absolute Gasteiger partial charge is 0.341 e. The lowest BCUT2D eigenvalue weighted by Crippen LogP contribution is -2.27. The van der Waals surface area contributed by atoms with E-state index in [9.17, 15) is 4.79 Å². The second kappa shape index (κ2) is 5.00. The molecule has 1 aliphatic rings. The fourth-order valence-corrected chi connectivity index (χ4v) is 2.35. The Morgan fingerprint density at radius 3 is 3.00 bits per heavy atom. The molecule has 0 N–H and O–H groups in total. The molecule has 5 heteroatoms. The molecule has 1 aromatic heterocycles. The second-order valence-corrected chi connectivity index (χ2v) is 5.05. The molecule has 2 heterocycles. The van der Waals surface area contributed by atoms with E-state index >= 15 is 0 Å². The van der Waals surface area contributed by atoms with Gasteiger partial charge in [0.2, 0.25) is 0 Å². The van der Waals surface area contributed by atoms with E-state index in [1.165, 1.54) is 6.20 Å². The van der Waals surface area contributed by atoms with E-state index in [1.807, 2.05) is 31.2 Å². The summed E-state index contributed by atoms with van der Waals surface area (Å²) in [6.07, 6.45) is 2.88. The van der Waals surface area contributed by atoms with Crippen LogP contribution in [0.5, 0.6) is 5.75 Å². The summed E-state index contributed by atoms with van der Waals surface area (Å²) in [4.78, 5) is 12.2. The first-order chi connectivity index (χ1) is 9.65. The van der Waals surface area contributed by atoms with Gasteiger partial charge >= 0.3 is 5.97 Å². The summed E-state index contributed by atoms with van der Waals surface area (Å²) in [7, 11) is 1.77. The molecule has 0 spiro atoms. The number of aromatic nitrogens is 2. The number of carbonyl (C=O) groups is 1.